The first-order valence-electron chi connectivity index (χ1n) is 7.12. The number of nitrogens with one attached hydrogen (secondary N) is 1. The van der Waals surface area contributed by atoms with Crippen molar-refractivity contribution in [3.63, 3.8) is 0 Å². The molecular weight excluding hydrogens is 266 g/mol. The molecule has 0 saturated heterocycles. The molecule has 2 rings (SSSR count). The van der Waals surface area contributed by atoms with Gasteiger partial charge in [-0.15, -0.1) is 0 Å². The van der Waals surface area contributed by atoms with Crippen LogP contribution in [0.1, 0.15) is 20.3 Å². The Morgan fingerprint density at radius 1 is 1.38 bits per heavy atom. The van der Waals surface area contributed by atoms with Crippen molar-refractivity contribution in [1.29, 1.82) is 0 Å². The highest BCUT2D eigenvalue weighted by atomic mass is 16.4. The molecule has 1 heterocycles. The molecule has 0 aliphatic rings. The molecule has 0 aliphatic carbocycles. The molecule has 21 heavy (non-hydrogen) atoms. The first kappa shape index (κ1) is 15.3. The van der Waals surface area contributed by atoms with Crippen molar-refractivity contribution < 1.29 is 9.90 Å². The summed E-state index contributed by atoms with van der Waals surface area (Å²) in [4.78, 5) is 16.0. The van der Waals surface area contributed by atoms with Crippen molar-refractivity contribution >= 4 is 5.97 Å². The van der Waals surface area contributed by atoms with Crippen LogP contribution in [0.5, 0.6) is 0 Å². The number of rotatable bonds is 7. The van der Waals surface area contributed by atoms with Gasteiger partial charge in [-0.2, -0.15) is 0 Å². The highest BCUT2D eigenvalue weighted by Gasteiger charge is 2.33. The Hall–Kier alpha value is -2.14. The molecule has 112 valence electrons. The van der Waals surface area contributed by atoms with Crippen molar-refractivity contribution in [2.75, 3.05) is 6.54 Å². The van der Waals surface area contributed by atoms with E-state index < -0.39 is 11.5 Å². The molecule has 2 aromatic rings. The Kier molecular flexibility index (Phi) is 4.75. The van der Waals surface area contributed by atoms with Gasteiger partial charge in [0.25, 0.3) is 0 Å². The van der Waals surface area contributed by atoms with Crippen molar-refractivity contribution in [2.45, 2.75) is 32.4 Å². The van der Waals surface area contributed by atoms with Crippen LogP contribution in [0.25, 0.3) is 11.4 Å². The number of hydrogen-bond donors (Lipinski definition) is 2. The number of hydrogen-bond acceptors (Lipinski definition) is 3. The lowest BCUT2D eigenvalue weighted by atomic mass is 10.0. The fraction of sp³-hybridized carbons (Fsp3) is 0.375. The quantitative estimate of drug-likeness (QED) is 0.820. The number of carboxylic acids is 1. The smallest absolute Gasteiger partial charge is 0.325 e. The van der Waals surface area contributed by atoms with Gasteiger partial charge >= 0.3 is 5.97 Å². The molecule has 2 N–H and O–H groups in total. The van der Waals surface area contributed by atoms with Crippen molar-refractivity contribution in [1.82, 2.24) is 14.9 Å². The van der Waals surface area contributed by atoms with Crippen LogP contribution in [-0.4, -0.2) is 32.7 Å². The molecule has 0 aliphatic heterocycles. The summed E-state index contributed by atoms with van der Waals surface area (Å²) in [6.45, 7) is 4.71. The zero-order valence-electron chi connectivity index (χ0n) is 12.4. The van der Waals surface area contributed by atoms with E-state index in [0.717, 1.165) is 17.8 Å². The molecule has 5 nitrogen and oxygen atoms in total. The minimum atomic E-state index is -1.01. The van der Waals surface area contributed by atoms with E-state index in [4.69, 9.17) is 0 Å². The predicted octanol–water partition coefficient (Wildman–Crippen LogP) is 2.39. The summed E-state index contributed by atoms with van der Waals surface area (Å²) in [5.41, 5.74) is -0.0361. The van der Waals surface area contributed by atoms with Crippen molar-refractivity contribution in [3.05, 3.63) is 42.7 Å². The van der Waals surface area contributed by atoms with Gasteiger partial charge in [-0.3, -0.25) is 4.79 Å². The van der Waals surface area contributed by atoms with Gasteiger partial charge in [0.1, 0.15) is 11.4 Å². The van der Waals surface area contributed by atoms with E-state index in [0.29, 0.717) is 13.1 Å². The van der Waals surface area contributed by atoms with Crippen molar-refractivity contribution in [3.8, 4) is 11.4 Å². The number of aliphatic carboxylic acids is 1. The Morgan fingerprint density at radius 3 is 2.71 bits per heavy atom. The second-order valence-corrected chi connectivity index (χ2v) is 5.31. The molecule has 5 heteroatoms. The zero-order chi connectivity index (χ0) is 15.3. The van der Waals surface area contributed by atoms with Crippen LogP contribution in [0.4, 0.5) is 0 Å². The number of aromatic nitrogens is 2. The summed E-state index contributed by atoms with van der Waals surface area (Å²) in [5.74, 6) is -0.0787. The zero-order valence-corrected chi connectivity index (χ0v) is 12.4. The number of carbonyl (C=O) groups is 1. The highest BCUT2D eigenvalue weighted by molar-refractivity contribution is 5.78. The van der Waals surface area contributed by atoms with Gasteiger partial charge in [0.15, 0.2) is 0 Å². The number of carboxylic acid groups (broad SMARTS) is 1. The maximum absolute atomic E-state index is 11.6. The maximum atomic E-state index is 11.6. The minimum Gasteiger partial charge on any atom is -0.480 e. The fourth-order valence-electron chi connectivity index (χ4n) is 2.23. The molecule has 0 radical (unpaired) electrons. The Morgan fingerprint density at radius 2 is 2.10 bits per heavy atom. The average Bonchev–Trinajstić information content (AvgIpc) is 2.94. The van der Waals surface area contributed by atoms with Gasteiger partial charge in [0.2, 0.25) is 0 Å². The van der Waals surface area contributed by atoms with Crippen LogP contribution in [0, 0.1) is 0 Å². The third-order valence-electron chi connectivity index (χ3n) is 3.47. The minimum absolute atomic E-state index is 0.326. The molecule has 0 saturated carbocycles. The van der Waals surface area contributed by atoms with Crippen LogP contribution in [0.15, 0.2) is 42.7 Å². The van der Waals surface area contributed by atoms with Crippen LogP contribution in [0.3, 0.4) is 0 Å². The van der Waals surface area contributed by atoms with Gasteiger partial charge in [-0.25, -0.2) is 4.98 Å². The van der Waals surface area contributed by atoms with Gasteiger partial charge in [-0.05, 0) is 19.9 Å². The average molecular weight is 287 g/mol. The van der Waals surface area contributed by atoms with Crippen LogP contribution in [0.2, 0.25) is 0 Å². The summed E-state index contributed by atoms with van der Waals surface area (Å²) < 4.78 is 1.88. The van der Waals surface area contributed by atoms with Crippen LogP contribution >= 0.6 is 0 Å². The second kappa shape index (κ2) is 6.54. The SMILES string of the molecule is CCCNC(C)(Cn1ccnc1-c1ccccc1)C(=O)O. The molecule has 1 aromatic carbocycles. The monoisotopic (exact) mass is 287 g/mol. The van der Waals surface area contributed by atoms with Crippen LogP contribution < -0.4 is 5.32 Å². The topological polar surface area (TPSA) is 67.2 Å². The Balaban J connectivity index is 2.27. The largest absolute Gasteiger partial charge is 0.480 e. The van der Waals surface area contributed by atoms with Gasteiger partial charge in [-0.1, -0.05) is 37.3 Å². The predicted molar refractivity (Wildman–Crippen MR) is 82.0 cm³/mol. The van der Waals surface area contributed by atoms with Crippen molar-refractivity contribution in [2.24, 2.45) is 0 Å². The molecule has 1 unspecified atom stereocenters. The molecule has 1 aromatic heterocycles. The third-order valence-corrected chi connectivity index (χ3v) is 3.47. The van der Waals surface area contributed by atoms with Crippen LogP contribution in [-0.2, 0) is 11.3 Å². The van der Waals surface area contributed by atoms with E-state index in [1.54, 1.807) is 13.1 Å². The van der Waals surface area contributed by atoms with E-state index in [1.165, 1.54) is 0 Å². The molecular formula is C16H21N3O2. The fourth-order valence-corrected chi connectivity index (χ4v) is 2.23. The number of benzene rings is 1. The summed E-state index contributed by atoms with van der Waals surface area (Å²) in [6, 6.07) is 9.77. The number of imidazole rings is 1. The Bertz CT molecular complexity index is 595. The lowest BCUT2D eigenvalue weighted by Gasteiger charge is -2.27. The maximum Gasteiger partial charge on any atom is 0.325 e. The summed E-state index contributed by atoms with van der Waals surface area (Å²) >= 11 is 0. The van der Waals surface area contributed by atoms with Gasteiger partial charge < -0.3 is 15.0 Å². The Labute approximate surface area is 124 Å². The van der Waals surface area contributed by atoms with Gasteiger partial charge in [0.05, 0.1) is 6.54 Å². The molecule has 1 atom stereocenters. The van der Waals surface area contributed by atoms with E-state index in [9.17, 15) is 9.90 Å². The molecule has 0 bridgehead atoms. The molecule has 0 spiro atoms. The first-order valence-corrected chi connectivity index (χ1v) is 7.12. The summed E-state index contributed by atoms with van der Waals surface area (Å²) in [7, 11) is 0. The van der Waals surface area contributed by atoms with E-state index in [1.807, 2.05) is 48.0 Å². The number of nitrogens with zero attached hydrogens (tertiary/aromatic N) is 2. The van der Waals surface area contributed by atoms with E-state index in [2.05, 4.69) is 10.3 Å². The molecule has 0 fully saturated rings. The summed E-state index contributed by atoms with van der Waals surface area (Å²) in [5, 5.41) is 12.6. The normalized spacial score (nSPS) is 13.8. The standard InChI is InChI=1S/C16H21N3O2/c1-3-9-18-16(2,15(20)21)12-19-11-10-17-14(19)13-7-5-4-6-8-13/h4-8,10-11,18H,3,9,12H2,1-2H3,(H,20,21). The van der Waals surface area contributed by atoms with Gasteiger partial charge in [0, 0.05) is 18.0 Å². The van der Waals surface area contributed by atoms with E-state index >= 15 is 0 Å². The third kappa shape index (κ3) is 3.49. The summed E-state index contributed by atoms with van der Waals surface area (Å²) in [6.07, 6.45) is 4.40. The van der Waals surface area contributed by atoms with E-state index in [-0.39, 0.29) is 0 Å². The lowest BCUT2D eigenvalue weighted by molar-refractivity contribution is -0.144. The molecule has 0 amide bonds. The second-order valence-electron chi connectivity index (χ2n) is 5.31. The first-order chi connectivity index (χ1) is 10.1. The lowest BCUT2D eigenvalue weighted by Crippen LogP contribution is -2.52. The highest BCUT2D eigenvalue weighted by Crippen LogP contribution is 2.19.